The number of hydrogen-bond acceptors (Lipinski definition) is 4. The van der Waals surface area contributed by atoms with Gasteiger partial charge in [-0.05, 0) is 31.5 Å². The van der Waals surface area contributed by atoms with E-state index < -0.39 is 0 Å². The van der Waals surface area contributed by atoms with E-state index in [4.69, 9.17) is 0 Å². The van der Waals surface area contributed by atoms with Gasteiger partial charge in [-0.15, -0.1) is 0 Å². The summed E-state index contributed by atoms with van der Waals surface area (Å²) in [5, 5.41) is 3.49. The molecule has 0 radical (unpaired) electrons. The van der Waals surface area contributed by atoms with Crippen molar-refractivity contribution >= 4 is 11.2 Å². The molecular weight excluding hydrogens is 200 g/mol. The van der Waals surface area contributed by atoms with Crippen LogP contribution in [-0.2, 0) is 0 Å². The van der Waals surface area contributed by atoms with Gasteiger partial charge in [0.15, 0.2) is 5.65 Å². The van der Waals surface area contributed by atoms with E-state index in [1.807, 2.05) is 6.07 Å². The molecule has 2 aromatic rings. The largest absolute Gasteiger partial charge is 0.309 e. The van der Waals surface area contributed by atoms with Crippen LogP contribution in [-0.4, -0.2) is 21.5 Å². The Morgan fingerprint density at radius 3 is 2.94 bits per heavy atom. The molecule has 0 bridgehead atoms. The van der Waals surface area contributed by atoms with Gasteiger partial charge < -0.3 is 5.32 Å². The number of piperidine rings is 1. The zero-order valence-electron chi connectivity index (χ0n) is 9.06. The fourth-order valence-electron chi connectivity index (χ4n) is 2.17. The number of hydrogen-bond donors (Lipinski definition) is 1. The van der Waals surface area contributed by atoms with Gasteiger partial charge in [-0.2, -0.15) is 0 Å². The van der Waals surface area contributed by atoms with Gasteiger partial charge in [0, 0.05) is 18.4 Å². The standard InChI is InChI=1S/C12H14N4/c1-2-6-13-9(3-1)10-4-5-11-12(16-10)15-8-7-14-11/h4-5,7-9,13H,1-3,6H2. The third-order valence-electron chi connectivity index (χ3n) is 3.02. The van der Waals surface area contributed by atoms with Crippen LogP contribution in [0.4, 0.5) is 0 Å². The Bertz CT molecular complexity index is 491. The Hall–Kier alpha value is -1.55. The third kappa shape index (κ3) is 1.76. The lowest BCUT2D eigenvalue weighted by molar-refractivity contribution is 0.406. The number of fused-ring (bicyclic) bond motifs is 1. The second-order valence-electron chi connectivity index (χ2n) is 4.14. The van der Waals surface area contributed by atoms with Crippen LogP contribution < -0.4 is 5.32 Å². The molecule has 2 aromatic heterocycles. The van der Waals surface area contributed by atoms with Crippen LogP contribution in [0.5, 0.6) is 0 Å². The molecule has 1 unspecified atom stereocenters. The van der Waals surface area contributed by atoms with Gasteiger partial charge in [0.1, 0.15) is 5.52 Å². The second-order valence-corrected chi connectivity index (χ2v) is 4.14. The minimum absolute atomic E-state index is 0.389. The zero-order valence-corrected chi connectivity index (χ0v) is 9.06. The summed E-state index contributed by atoms with van der Waals surface area (Å²) in [6.45, 7) is 1.09. The first-order valence-electron chi connectivity index (χ1n) is 5.74. The Labute approximate surface area is 94.1 Å². The van der Waals surface area contributed by atoms with Gasteiger partial charge in [0.25, 0.3) is 0 Å². The molecular formula is C12H14N4. The van der Waals surface area contributed by atoms with Crippen molar-refractivity contribution in [3.8, 4) is 0 Å². The van der Waals surface area contributed by atoms with Crippen molar-refractivity contribution < 1.29 is 0 Å². The van der Waals surface area contributed by atoms with E-state index in [1.165, 1.54) is 19.3 Å². The fraction of sp³-hybridized carbons (Fsp3) is 0.417. The van der Waals surface area contributed by atoms with Gasteiger partial charge >= 0.3 is 0 Å². The summed E-state index contributed by atoms with van der Waals surface area (Å²) in [7, 11) is 0. The molecule has 3 rings (SSSR count). The van der Waals surface area contributed by atoms with Crippen molar-refractivity contribution in [2.24, 2.45) is 0 Å². The molecule has 4 nitrogen and oxygen atoms in total. The average molecular weight is 214 g/mol. The normalized spacial score (nSPS) is 21.1. The monoisotopic (exact) mass is 214 g/mol. The van der Waals surface area contributed by atoms with Gasteiger partial charge in [0.2, 0.25) is 0 Å². The molecule has 1 N–H and O–H groups in total. The number of nitrogens with zero attached hydrogens (tertiary/aromatic N) is 3. The molecule has 0 aliphatic carbocycles. The summed E-state index contributed by atoms with van der Waals surface area (Å²) in [5.74, 6) is 0. The first-order valence-corrected chi connectivity index (χ1v) is 5.74. The molecule has 0 amide bonds. The van der Waals surface area contributed by atoms with Crippen LogP contribution in [0.25, 0.3) is 11.2 Å². The van der Waals surface area contributed by atoms with E-state index in [-0.39, 0.29) is 0 Å². The Kier molecular flexibility index (Phi) is 2.50. The predicted octanol–water partition coefficient (Wildman–Crippen LogP) is 1.84. The molecule has 3 heterocycles. The fourth-order valence-corrected chi connectivity index (χ4v) is 2.17. The molecule has 16 heavy (non-hydrogen) atoms. The topological polar surface area (TPSA) is 50.7 Å². The van der Waals surface area contributed by atoms with Crippen LogP contribution in [0.2, 0.25) is 0 Å². The van der Waals surface area contributed by atoms with E-state index in [2.05, 4.69) is 26.3 Å². The van der Waals surface area contributed by atoms with Crippen molar-refractivity contribution in [2.75, 3.05) is 6.54 Å². The van der Waals surface area contributed by atoms with Gasteiger partial charge in [0.05, 0.1) is 5.69 Å². The molecule has 4 heteroatoms. The van der Waals surface area contributed by atoms with Crippen LogP contribution in [0, 0.1) is 0 Å². The summed E-state index contributed by atoms with van der Waals surface area (Å²) < 4.78 is 0. The maximum Gasteiger partial charge on any atom is 0.178 e. The highest BCUT2D eigenvalue weighted by molar-refractivity contribution is 5.68. The maximum atomic E-state index is 4.56. The zero-order chi connectivity index (χ0) is 10.8. The molecule has 1 aliphatic heterocycles. The second kappa shape index (κ2) is 4.14. The summed E-state index contributed by atoms with van der Waals surface area (Å²) in [6, 6.07) is 4.45. The van der Waals surface area contributed by atoms with E-state index in [1.54, 1.807) is 12.4 Å². The maximum absolute atomic E-state index is 4.56. The highest BCUT2D eigenvalue weighted by atomic mass is 15.0. The lowest BCUT2D eigenvalue weighted by Gasteiger charge is -2.22. The number of pyridine rings is 1. The highest BCUT2D eigenvalue weighted by Crippen LogP contribution is 2.22. The molecule has 1 saturated heterocycles. The molecule has 1 aliphatic rings. The summed E-state index contributed by atoms with van der Waals surface area (Å²) in [4.78, 5) is 13.0. The minimum atomic E-state index is 0.389. The molecule has 0 saturated carbocycles. The quantitative estimate of drug-likeness (QED) is 0.787. The SMILES string of the molecule is c1cnc2nc(C3CCCCN3)ccc2n1. The van der Waals surface area contributed by atoms with E-state index in [9.17, 15) is 0 Å². The third-order valence-corrected chi connectivity index (χ3v) is 3.02. The number of nitrogens with one attached hydrogen (secondary N) is 1. The number of aromatic nitrogens is 3. The van der Waals surface area contributed by atoms with Crippen LogP contribution in [0.1, 0.15) is 31.0 Å². The Balaban J connectivity index is 1.97. The first-order chi connectivity index (χ1) is 7.93. The number of rotatable bonds is 1. The van der Waals surface area contributed by atoms with E-state index >= 15 is 0 Å². The Morgan fingerprint density at radius 2 is 2.06 bits per heavy atom. The van der Waals surface area contributed by atoms with Crippen molar-refractivity contribution in [2.45, 2.75) is 25.3 Å². The van der Waals surface area contributed by atoms with E-state index in [0.717, 1.165) is 23.4 Å². The van der Waals surface area contributed by atoms with Crippen molar-refractivity contribution in [3.63, 3.8) is 0 Å². The van der Waals surface area contributed by atoms with Gasteiger partial charge in [-0.25, -0.2) is 9.97 Å². The predicted molar refractivity (Wildman–Crippen MR) is 61.9 cm³/mol. The molecule has 1 fully saturated rings. The first kappa shape index (κ1) is 9.66. The molecule has 82 valence electrons. The summed E-state index contributed by atoms with van der Waals surface area (Å²) in [6.07, 6.45) is 7.09. The van der Waals surface area contributed by atoms with Crippen molar-refractivity contribution in [1.29, 1.82) is 0 Å². The highest BCUT2D eigenvalue weighted by Gasteiger charge is 2.16. The lowest BCUT2D eigenvalue weighted by atomic mass is 10.0. The summed E-state index contributed by atoms with van der Waals surface area (Å²) in [5.41, 5.74) is 2.70. The van der Waals surface area contributed by atoms with Crippen molar-refractivity contribution in [3.05, 3.63) is 30.2 Å². The van der Waals surface area contributed by atoms with E-state index in [0.29, 0.717) is 6.04 Å². The Morgan fingerprint density at radius 1 is 1.12 bits per heavy atom. The molecule has 0 spiro atoms. The smallest absolute Gasteiger partial charge is 0.178 e. The van der Waals surface area contributed by atoms with Crippen LogP contribution >= 0.6 is 0 Å². The lowest BCUT2D eigenvalue weighted by Crippen LogP contribution is -2.27. The van der Waals surface area contributed by atoms with Gasteiger partial charge in [-0.1, -0.05) is 6.42 Å². The van der Waals surface area contributed by atoms with Crippen LogP contribution in [0.3, 0.4) is 0 Å². The molecule has 1 atom stereocenters. The van der Waals surface area contributed by atoms with Crippen molar-refractivity contribution in [1.82, 2.24) is 20.3 Å². The minimum Gasteiger partial charge on any atom is -0.309 e. The summed E-state index contributed by atoms with van der Waals surface area (Å²) >= 11 is 0. The average Bonchev–Trinajstić information content (AvgIpc) is 2.39. The molecule has 0 aromatic carbocycles. The van der Waals surface area contributed by atoms with Crippen LogP contribution in [0.15, 0.2) is 24.5 Å². The van der Waals surface area contributed by atoms with Gasteiger partial charge in [-0.3, -0.25) is 4.98 Å².